The summed E-state index contributed by atoms with van der Waals surface area (Å²) in [5.41, 5.74) is 7.42. The van der Waals surface area contributed by atoms with E-state index >= 15 is 4.39 Å². The summed E-state index contributed by atoms with van der Waals surface area (Å²) in [6.07, 6.45) is 10.3. The van der Waals surface area contributed by atoms with Crippen LogP contribution in [0.4, 0.5) is 8.78 Å². The van der Waals surface area contributed by atoms with Crippen LogP contribution < -0.4 is 15.9 Å². The highest BCUT2D eigenvalue weighted by atomic mass is 19.1. The van der Waals surface area contributed by atoms with Gasteiger partial charge in [0, 0.05) is 43.7 Å². The summed E-state index contributed by atoms with van der Waals surface area (Å²) in [5, 5.41) is 11.1. The molecule has 45 heavy (non-hydrogen) atoms. The van der Waals surface area contributed by atoms with Crippen LogP contribution in [-0.4, -0.2) is 51.2 Å². The minimum absolute atomic E-state index is 0.199. The molecule has 0 unspecified atom stereocenters. The maximum Gasteiger partial charge on any atom is 0.159 e. The number of nitrogens with one attached hydrogen (secondary N) is 3. The Morgan fingerprint density at radius 3 is 2.40 bits per heavy atom. The fraction of sp³-hybridized carbons (Fsp3) is 0.222. The zero-order chi connectivity index (χ0) is 33.7. The lowest BCUT2D eigenvalue weighted by Crippen LogP contribution is -2.26. The van der Waals surface area contributed by atoms with Crippen LogP contribution in [0.15, 0.2) is 97.7 Å². The maximum atomic E-state index is 16.2. The second kappa shape index (κ2) is 17.3. The van der Waals surface area contributed by atoms with Crippen molar-refractivity contribution >= 4 is 22.9 Å². The molecule has 3 N–H and O–H groups in total. The number of aromatic amines is 2. The molecule has 0 amide bonds. The standard InChI is InChI=1S/C31H33F2N7.C3H4.C2H6/c1-8-20(14-23(9-2)40(6)7)18(4)28(33)27-25(10-3)38-39-30(27)31-36-26-17-35-16-24(29(26)37-31)21-11-19(15-34-5)12-22(32)13-21;1-3-2;1-2/h8-14,16-17,34,38H,2,4,15H2,1,3,5-7H3,(H,36,37);1-2H2;1-2H3/b20-8+,23-14+,25-10+,28-27-;;. The van der Waals surface area contributed by atoms with Crippen LogP contribution in [-0.2, 0) is 6.54 Å². The Labute approximate surface area is 264 Å². The van der Waals surface area contributed by atoms with Crippen LogP contribution in [0.3, 0.4) is 0 Å². The van der Waals surface area contributed by atoms with E-state index in [1.165, 1.54) is 12.1 Å². The molecule has 3 heterocycles. The largest absolute Gasteiger partial charge is 0.378 e. The van der Waals surface area contributed by atoms with Crippen molar-refractivity contribution in [1.29, 1.82) is 0 Å². The summed E-state index contributed by atoms with van der Waals surface area (Å²) in [7, 11) is 5.58. The van der Waals surface area contributed by atoms with Crippen molar-refractivity contribution < 1.29 is 8.78 Å². The Kier molecular flexibility index (Phi) is 13.8. The van der Waals surface area contributed by atoms with Gasteiger partial charge in [-0.25, -0.2) is 13.8 Å². The van der Waals surface area contributed by atoms with Gasteiger partial charge in [0.2, 0.25) is 0 Å². The summed E-state index contributed by atoms with van der Waals surface area (Å²) in [5.74, 6) is -0.550. The van der Waals surface area contributed by atoms with E-state index in [-0.39, 0.29) is 16.6 Å². The van der Waals surface area contributed by atoms with Crippen molar-refractivity contribution in [1.82, 2.24) is 35.4 Å². The molecule has 0 saturated carbocycles. The normalized spacial score (nSPS) is 12.4. The maximum absolute atomic E-state index is 16.2. The smallest absolute Gasteiger partial charge is 0.159 e. The van der Waals surface area contributed by atoms with E-state index in [0.717, 1.165) is 11.3 Å². The number of benzene rings is 1. The van der Waals surface area contributed by atoms with Crippen molar-refractivity contribution in [3.8, 4) is 22.6 Å². The monoisotopic (exact) mass is 611 g/mol. The Morgan fingerprint density at radius 2 is 1.82 bits per heavy atom. The molecule has 0 bridgehead atoms. The summed E-state index contributed by atoms with van der Waals surface area (Å²) in [6.45, 7) is 22.3. The minimum Gasteiger partial charge on any atom is -0.378 e. The lowest BCUT2D eigenvalue weighted by atomic mass is 10.0. The average Bonchev–Trinajstić information content (AvgIpc) is 3.66. The van der Waals surface area contributed by atoms with Crippen molar-refractivity contribution in [2.45, 2.75) is 34.2 Å². The van der Waals surface area contributed by atoms with Crippen LogP contribution in [0.1, 0.15) is 33.3 Å². The van der Waals surface area contributed by atoms with E-state index in [1.54, 1.807) is 44.6 Å². The highest BCUT2D eigenvalue weighted by molar-refractivity contribution is 5.92. The van der Waals surface area contributed by atoms with Crippen LogP contribution in [0.5, 0.6) is 0 Å². The third kappa shape index (κ3) is 8.50. The molecule has 0 aliphatic rings. The molecule has 0 spiro atoms. The predicted molar refractivity (Wildman–Crippen MR) is 185 cm³/mol. The molecule has 0 aliphatic carbocycles. The SMILES string of the molecule is C=C/C(=C\C(=C/C)C(=C)/C(F)=c1/c(-c2nc3c(-c4cc(F)cc(CNC)c4)cncc3[nH]2)n[nH]/c1=C/C)N(C)C.C=C=C.CC. The number of H-pyrrole nitrogens is 2. The molecule has 0 atom stereocenters. The molecule has 236 valence electrons. The second-order valence-corrected chi connectivity index (χ2v) is 9.65. The number of hydrogen-bond donors (Lipinski definition) is 3. The van der Waals surface area contributed by atoms with E-state index in [9.17, 15) is 4.39 Å². The fourth-order valence-electron chi connectivity index (χ4n) is 4.48. The molecular weight excluding hydrogens is 568 g/mol. The van der Waals surface area contributed by atoms with Gasteiger partial charge >= 0.3 is 0 Å². The number of nitrogens with zero attached hydrogens (tertiary/aromatic N) is 4. The average molecular weight is 612 g/mol. The van der Waals surface area contributed by atoms with Gasteiger partial charge in [-0.2, -0.15) is 5.10 Å². The molecule has 4 rings (SSSR count). The van der Waals surface area contributed by atoms with Gasteiger partial charge in [0.1, 0.15) is 17.3 Å². The molecule has 1 aromatic carbocycles. The number of aromatic nitrogens is 5. The summed E-state index contributed by atoms with van der Waals surface area (Å²) >= 11 is 0. The highest BCUT2D eigenvalue weighted by Crippen LogP contribution is 2.30. The number of pyridine rings is 1. The minimum atomic E-state index is -0.538. The van der Waals surface area contributed by atoms with Gasteiger partial charge in [-0.3, -0.25) is 10.1 Å². The molecule has 3 aromatic heterocycles. The molecule has 4 aromatic rings. The van der Waals surface area contributed by atoms with Crippen molar-refractivity contribution in [3.63, 3.8) is 0 Å². The van der Waals surface area contributed by atoms with Gasteiger partial charge in [0.25, 0.3) is 0 Å². The number of imidazole rings is 1. The number of halogens is 2. The van der Waals surface area contributed by atoms with E-state index in [4.69, 9.17) is 4.98 Å². The van der Waals surface area contributed by atoms with Crippen LogP contribution in [0, 0.1) is 5.82 Å². The fourth-order valence-corrected chi connectivity index (χ4v) is 4.48. The van der Waals surface area contributed by atoms with Gasteiger partial charge in [0.05, 0.1) is 27.8 Å². The number of hydrogen-bond acceptors (Lipinski definition) is 5. The first-order valence-electron chi connectivity index (χ1n) is 14.5. The molecule has 0 saturated heterocycles. The predicted octanol–water partition coefficient (Wildman–Crippen LogP) is 6.87. The van der Waals surface area contributed by atoms with Gasteiger partial charge in [-0.15, -0.1) is 5.73 Å². The number of rotatable bonds is 9. The van der Waals surface area contributed by atoms with E-state index < -0.39 is 5.83 Å². The lowest BCUT2D eigenvalue weighted by Gasteiger charge is -2.15. The summed E-state index contributed by atoms with van der Waals surface area (Å²) in [4.78, 5) is 14.2. The first-order chi connectivity index (χ1) is 21.6. The Bertz CT molecular complexity index is 1860. The topological polar surface area (TPSA) is 85.5 Å². The van der Waals surface area contributed by atoms with Crippen LogP contribution in [0.25, 0.3) is 45.6 Å². The van der Waals surface area contributed by atoms with Crippen LogP contribution >= 0.6 is 0 Å². The molecule has 7 nitrogen and oxygen atoms in total. The van der Waals surface area contributed by atoms with Crippen LogP contribution in [0.2, 0.25) is 0 Å². The van der Waals surface area contributed by atoms with Gasteiger partial charge < -0.3 is 15.2 Å². The summed E-state index contributed by atoms with van der Waals surface area (Å²) < 4.78 is 30.7. The molecule has 0 aliphatic heterocycles. The zero-order valence-electron chi connectivity index (χ0n) is 27.3. The molecule has 9 heteroatoms. The van der Waals surface area contributed by atoms with E-state index in [2.05, 4.69) is 57.5 Å². The molecular formula is C36H43F2N7. The highest BCUT2D eigenvalue weighted by Gasteiger charge is 2.19. The van der Waals surface area contributed by atoms with Gasteiger partial charge in [-0.05, 0) is 67.9 Å². The first kappa shape index (κ1) is 36.1. The molecule has 0 radical (unpaired) electrons. The quantitative estimate of drug-likeness (QED) is 0.142. The van der Waals surface area contributed by atoms with E-state index in [0.29, 0.717) is 51.1 Å². The Hall–Kier alpha value is -5.11. The Morgan fingerprint density at radius 1 is 1.13 bits per heavy atom. The third-order valence-corrected chi connectivity index (χ3v) is 6.52. The summed E-state index contributed by atoms with van der Waals surface area (Å²) in [6, 6.07) is 4.82. The van der Waals surface area contributed by atoms with Gasteiger partial charge in [-0.1, -0.05) is 52.3 Å². The number of fused-ring (bicyclic) bond motifs is 1. The van der Waals surface area contributed by atoms with E-state index in [1.807, 2.05) is 51.9 Å². The number of allylic oxidation sites excluding steroid dienone is 5. The zero-order valence-corrected chi connectivity index (χ0v) is 27.3. The number of likely N-dealkylation sites (N-methyl/N-ethyl adjacent to an activating group) is 1. The van der Waals surface area contributed by atoms with Gasteiger partial charge in [0.15, 0.2) is 5.82 Å². The lowest BCUT2D eigenvalue weighted by molar-refractivity contribution is 0.530. The first-order valence-corrected chi connectivity index (χ1v) is 14.5. The molecule has 0 fully saturated rings. The van der Waals surface area contributed by atoms with Crippen molar-refractivity contribution in [2.75, 3.05) is 21.1 Å². The Balaban J connectivity index is 0.00000133. The van der Waals surface area contributed by atoms with Crippen molar-refractivity contribution in [2.24, 2.45) is 0 Å². The second-order valence-electron chi connectivity index (χ2n) is 9.65. The third-order valence-electron chi connectivity index (χ3n) is 6.52. The van der Waals surface area contributed by atoms with Crippen molar-refractivity contribution in [3.05, 3.63) is 120 Å².